The molecule has 1 nitrogen and oxygen atoms in total. The van der Waals surface area contributed by atoms with E-state index in [0.717, 1.165) is 12.2 Å². The molecular weight excluding hydrogens is 252 g/mol. The van der Waals surface area contributed by atoms with Crippen LogP contribution in [0.25, 0.3) is 10.8 Å². The van der Waals surface area contributed by atoms with E-state index >= 15 is 0 Å². The average molecular weight is 268 g/mol. The second-order valence-corrected chi connectivity index (χ2v) is 6.07. The number of methoxy groups -OCH3 is 1. The van der Waals surface area contributed by atoms with Gasteiger partial charge in [0.25, 0.3) is 0 Å². The van der Waals surface area contributed by atoms with E-state index in [-0.39, 0.29) is 0 Å². The van der Waals surface area contributed by atoms with Crippen LogP contribution >= 0.6 is 11.3 Å². The van der Waals surface area contributed by atoms with Gasteiger partial charge in [-0.25, -0.2) is 0 Å². The predicted molar refractivity (Wildman–Crippen MR) is 82.4 cm³/mol. The van der Waals surface area contributed by atoms with Crippen molar-refractivity contribution in [3.8, 4) is 5.75 Å². The van der Waals surface area contributed by atoms with Crippen LogP contribution in [-0.4, -0.2) is 7.11 Å². The number of aryl methyl sites for hydroxylation is 1. The molecule has 0 unspecified atom stereocenters. The molecule has 0 radical (unpaired) electrons. The van der Waals surface area contributed by atoms with Gasteiger partial charge in [0.2, 0.25) is 0 Å². The second-order valence-electron chi connectivity index (χ2n) is 4.69. The van der Waals surface area contributed by atoms with Crippen molar-refractivity contribution in [3.05, 3.63) is 63.8 Å². The van der Waals surface area contributed by atoms with E-state index in [9.17, 15) is 0 Å². The zero-order valence-electron chi connectivity index (χ0n) is 11.1. The zero-order valence-corrected chi connectivity index (χ0v) is 12.0. The van der Waals surface area contributed by atoms with Gasteiger partial charge in [-0.3, -0.25) is 0 Å². The maximum absolute atomic E-state index is 5.29. The third kappa shape index (κ3) is 2.49. The topological polar surface area (TPSA) is 9.23 Å². The highest BCUT2D eigenvalue weighted by atomic mass is 32.1. The summed E-state index contributed by atoms with van der Waals surface area (Å²) in [4.78, 5) is 2.79. The lowest BCUT2D eigenvalue weighted by atomic mass is 10.0. The molecule has 1 aromatic heterocycles. The Bertz CT molecular complexity index is 712. The Morgan fingerprint density at radius 2 is 1.95 bits per heavy atom. The van der Waals surface area contributed by atoms with Gasteiger partial charge in [0.1, 0.15) is 5.75 Å². The first-order valence-electron chi connectivity index (χ1n) is 6.37. The Labute approximate surface area is 117 Å². The Morgan fingerprint density at radius 1 is 1.05 bits per heavy atom. The number of ether oxygens (including phenoxy) is 1. The van der Waals surface area contributed by atoms with Gasteiger partial charge >= 0.3 is 0 Å². The molecule has 0 saturated carbocycles. The lowest BCUT2D eigenvalue weighted by Gasteiger charge is -2.07. The van der Waals surface area contributed by atoms with Crippen molar-refractivity contribution >= 4 is 22.1 Å². The van der Waals surface area contributed by atoms with Gasteiger partial charge in [-0.2, -0.15) is 0 Å². The monoisotopic (exact) mass is 268 g/mol. The number of benzene rings is 2. The van der Waals surface area contributed by atoms with Crippen molar-refractivity contribution < 1.29 is 4.74 Å². The molecule has 3 aromatic rings. The number of fused-ring (bicyclic) bond motifs is 1. The van der Waals surface area contributed by atoms with Crippen LogP contribution in [0.4, 0.5) is 0 Å². The van der Waals surface area contributed by atoms with Gasteiger partial charge in [-0.05, 0) is 47.5 Å². The molecule has 19 heavy (non-hydrogen) atoms. The number of rotatable bonds is 3. The third-order valence-corrected chi connectivity index (χ3v) is 4.34. The molecule has 2 heteroatoms. The van der Waals surface area contributed by atoms with Gasteiger partial charge in [0.15, 0.2) is 0 Å². The molecule has 0 saturated heterocycles. The zero-order chi connectivity index (χ0) is 13.2. The van der Waals surface area contributed by atoms with Crippen LogP contribution in [0.2, 0.25) is 0 Å². The lowest BCUT2D eigenvalue weighted by molar-refractivity contribution is 0.415. The quantitative estimate of drug-likeness (QED) is 0.662. The van der Waals surface area contributed by atoms with E-state index in [1.54, 1.807) is 7.11 Å². The van der Waals surface area contributed by atoms with Crippen molar-refractivity contribution in [3.63, 3.8) is 0 Å². The van der Waals surface area contributed by atoms with Crippen LogP contribution in [-0.2, 0) is 6.42 Å². The van der Waals surface area contributed by atoms with Gasteiger partial charge in [-0.1, -0.05) is 24.3 Å². The van der Waals surface area contributed by atoms with Gasteiger partial charge in [0, 0.05) is 16.2 Å². The van der Waals surface area contributed by atoms with Crippen LogP contribution in [0, 0.1) is 6.92 Å². The van der Waals surface area contributed by atoms with Gasteiger partial charge < -0.3 is 4.74 Å². The minimum atomic E-state index is 0.914. The summed E-state index contributed by atoms with van der Waals surface area (Å²) in [5.74, 6) is 0.914. The fraction of sp³-hybridized carbons (Fsp3) is 0.176. The molecule has 0 N–H and O–H groups in total. The predicted octanol–water partition coefficient (Wildman–Crippen LogP) is 4.81. The number of hydrogen-bond acceptors (Lipinski definition) is 2. The highest BCUT2D eigenvalue weighted by molar-refractivity contribution is 7.11. The third-order valence-electron chi connectivity index (χ3n) is 3.34. The molecule has 1 heterocycles. The van der Waals surface area contributed by atoms with E-state index in [2.05, 4.69) is 49.4 Å². The van der Waals surface area contributed by atoms with Gasteiger partial charge in [0.05, 0.1) is 7.11 Å². The summed E-state index contributed by atoms with van der Waals surface area (Å²) < 4.78 is 5.29. The fourth-order valence-electron chi connectivity index (χ4n) is 2.38. The smallest absolute Gasteiger partial charge is 0.119 e. The molecule has 0 bridgehead atoms. The highest BCUT2D eigenvalue weighted by Gasteiger charge is 2.05. The maximum atomic E-state index is 5.29. The SMILES string of the molecule is COc1ccc2c(Cc3ccc(C)s3)cccc2c1. The van der Waals surface area contributed by atoms with E-state index in [1.165, 1.54) is 26.1 Å². The highest BCUT2D eigenvalue weighted by Crippen LogP contribution is 2.27. The molecule has 2 aromatic carbocycles. The van der Waals surface area contributed by atoms with E-state index in [0.29, 0.717) is 0 Å². The first kappa shape index (κ1) is 12.2. The summed E-state index contributed by atoms with van der Waals surface area (Å²) in [7, 11) is 1.71. The lowest BCUT2D eigenvalue weighted by Crippen LogP contribution is -1.88. The summed E-state index contributed by atoms with van der Waals surface area (Å²) in [6.45, 7) is 2.15. The Kier molecular flexibility index (Phi) is 3.26. The van der Waals surface area contributed by atoms with Crippen molar-refractivity contribution in [2.75, 3.05) is 7.11 Å². The second kappa shape index (κ2) is 5.06. The van der Waals surface area contributed by atoms with E-state index < -0.39 is 0 Å². The minimum absolute atomic E-state index is 0.914. The van der Waals surface area contributed by atoms with Crippen molar-refractivity contribution in [2.24, 2.45) is 0 Å². The molecule has 0 fully saturated rings. The normalized spacial score (nSPS) is 10.8. The summed E-state index contributed by atoms with van der Waals surface area (Å²) in [5.41, 5.74) is 1.38. The molecule has 96 valence electrons. The van der Waals surface area contributed by atoms with Crippen LogP contribution in [0.1, 0.15) is 15.3 Å². The molecule has 0 aliphatic rings. The first-order valence-corrected chi connectivity index (χ1v) is 7.19. The van der Waals surface area contributed by atoms with E-state index in [1.807, 2.05) is 17.4 Å². The first-order chi connectivity index (χ1) is 9.26. The Morgan fingerprint density at radius 3 is 2.68 bits per heavy atom. The molecule has 0 spiro atoms. The fourth-order valence-corrected chi connectivity index (χ4v) is 3.29. The average Bonchev–Trinajstić information content (AvgIpc) is 2.84. The van der Waals surface area contributed by atoms with Crippen LogP contribution in [0.5, 0.6) is 5.75 Å². The van der Waals surface area contributed by atoms with Gasteiger partial charge in [-0.15, -0.1) is 11.3 Å². The number of thiophene rings is 1. The summed E-state index contributed by atoms with van der Waals surface area (Å²) >= 11 is 1.87. The molecule has 0 aliphatic heterocycles. The van der Waals surface area contributed by atoms with Crippen molar-refractivity contribution in [1.29, 1.82) is 0 Å². The molecule has 0 atom stereocenters. The minimum Gasteiger partial charge on any atom is -0.497 e. The summed E-state index contributed by atoms with van der Waals surface area (Å²) in [6, 6.07) is 17.2. The van der Waals surface area contributed by atoms with E-state index in [4.69, 9.17) is 4.74 Å². The van der Waals surface area contributed by atoms with Crippen LogP contribution in [0.15, 0.2) is 48.5 Å². The molecule has 0 aliphatic carbocycles. The Hall–Kier alpha value is -1.80. The summed E-state index contributed by atoms with van der Waals surface area (Å²) in [5, 5.41) is 2.56. The molecule has 3 rings (SSSR count). The summed E-state index contributed by atoms with van der Waals surface area (Å²) in [6.07, 6.45) is 1.00. The Balaban J connectivity index is 2.03. The van der Waals surface area contributed by atoms with Crippen molar-refractivity contribution in [1.82, 2.24) is 0 Å². The molecular formula is C17H16OS. The molecule has 0 amide bonds. The van der Waals surface area contributed by atoms with Crippen LogP contribution in [0.3, 0.4) is 0 Å². The van der Waals surface area contributed by atoms with Crippen LogP contribution < -0.4 is 4.74 Å². The largest absolute Gasteiger partial charge is 0.497 e. The maximum Gasteiger partial charge on any atom is 0.119 e. The van der Waals surface area contributed by atoms with Crippen molar-refractivity contribution in [2.45, 2.75) is 13.3 Å². The number of hydrogen-bond donors (Lipinski definition) is 0. The standard InChI is InChI=1S/C17H16OS/c1-12-6-8-16(19-12)11-14-5-3-4-13-10-15(18-2)7-9-17(13)14/h3-10H,11H2,1-2H3.